The molecule has 1 N–H and O–H groups in total. The maximum atomic E-state index is 12.4. The van der Waals surface area contributed by atoms with Crippen LogP contribution in [0.2, 0.25) is 0 Å². The first-order chi connectivity index (χ1) is 10.9. The SMILES string of the molecule is Cc1cc(C(=O)Nc2nnc(-c3ccn(C)n3)o2)n(C(C)C)n1. The molecule has 9 nitrogen and oxygen atoms in total. The highest BCUT2D eigenvalue weighted by molar-refractivity contribution is 6.02. The Balaban J connectivity index is 1.80. The molecule has 0 saturated heterocycles. The van der Waals surface area contributed by atoms with Crippen LogP contribution in [0.15, 0.2) is 22.7 Å². The summed E-state index contributed by atoms with van der Waals surface area (Å²) >= 11 is 0. The molecule has 0 unspecified atom stereocenters. The van der Waals surface area contributed by atoms with Gasteiger partial charge in [-0.2, -0.15) is 10.2 Å². The smallest absolute Gasteiger partial charge is 0.322 e. The standard InChI is InChI=1S/C14H17N7O2/c1-8(2)21-11(7-9(3)18-21)12(22)15-14-17-16-13(23-14)10-5-6-20(4)19-10/h5-8H,1-4H3,(H,15,17,22). The van der Waals surface area contributed by atoms with Gasteiger partial charge in [-0.05, 0) is 32.9 Å². The number of anilines is 1. The van der Waals surface area contributed by atoms with E-state index in [0.717, 1.165) is 5.69 Å². The number of rotatable bonds is 4. The van der Waals surface area contributed by atoms with Crippen molar-refractivity contribution in [1.29, 1.82) is 0 Å². The van der Waals surface area contributed by atoms with Gasteiger partial charge in [0.15, 0.2) is 0 Å². The van der Waals surface area contributed by atoms with E-state index in [0.29, 0.717) is 11.4 Å². The summed E-state index contributed by atoms with van der Waals surface area (Å²) in [5.41, 5.74) is 1.75. The van der Waals surface area contributed by atoms with E-state index in [-0.39, 0.29) is 23.9 Å². The maximum absolute atomic E-state index is 12.4. The van der Waals surface area contributed by atoms with Crippen LogP contribution in [0.1, 0.15) is 36.1 Å². The highest BCUT2D eigenvalue weighted by atomic mass is 16.4. The van der Waals surface area contributed by atoms with Gasteiger partial charge in [0.25, 0.3) is 11.8 Å². The molecule has 3 rings (SSSR count). The lowest BCUT2D eigenvalue weighted by molar-refractivity contribution is 0.101. The monoisotopic (exact) mass is 315 g/mol. The summed E-state index contributed by atoms with van der Waals surface area (Å²) in [6.07, 6.45) is 1.77. The molecule has 0 bridgehead atoms. The Morgan fingerprint density at radius 2 is 2.09 bits per heavy atom. The summed E-state index contributed by atoms with van der Waals surface area (Å²) in [5, 5.41) is 18.8. The molecular formula is C14H17N7O2. The molecule has 0 radical (unpaired) electrons. The van der Waals surface area contributed by atoms with Crippen molar-refractivity contribution in [3.8, 4) is 11.6 Å². The second kappa shape index (κ2) is 5.67. The zero-order valence-corrected chi connectivity index (χ0v) is 13.3. The van der Waals surface area contributed by atoms with E-state index in [4.69, 9.17) is 4.42 Å². The number of aryl methyl sites for hydroxylation is 2. The Morgan fingerprint density at radius 3 is 2.74 bits per heavy atom. The second-order valence-corrected chi connectivity index (χ2v) is 5.45. The van der Waals surface area contributed by atoms with Crippen molar-refractivity contribution < 1.29 is 9.21 Å². The molecule has 1 amide bonds. The molecule has 0 aliphatic carbocycles. The number of hydrogen-bond donors (Lipinski definition) is 1. The van der Waals surface area contributed by atoms with Crippen molar-refractivity contribution in [1.82, 2.24) is 29.8 Å². The largest absolute Gasteiger partial charge is 0.401 e. The van der Waals surface area contributed by atoms with Gasteiger partial charge in [-0.15, -0.1) is 5.10 Å². The zero-order valence-electron chi connectivity index (χ0n) is 13.3. The maximum Gasteiger partial charge on any atom is 0.322 e. The number of aromatic nitrogens is 6. The van der Waals surface area contributed by atoms with Crippen LogP contribution in [0.3, 0.4) is 0 Å². The van der Waals surface area contributed by atoms with E-state index in [9.17, 15) is 4.79 Å². The molecule has 0 aliphatic rings. The van der Waals surface area contributed by atoms with Gasteiger partial charge in [0.1, 0.15) is 11.4 Å². The summed E-state index contributed by atoms with van der Waals surface area (Å²) in [5.74, 6) is -0.107. The lowest BCUT2D eigenvalue weighted by Crippen LogP contribution is -2.19. The lowest BCUT2D eigenvalue weighted by atomic mass is 10.3. The predicted molar refractivity (Wildman–Crippen MR) is 81.8 cm³/mol. The van der Waals surface area contributed by atoms with Crippen molar-refractivity contribution in [2.45, 2.75) is 26.8 Å². The van der Waals surface area contributed by atoms with Crippen LogP contribution < -0.4 is 5.32 Å². The number of carbonyl (C=O) groups excluding carboxylic acids is 1. The fraction of sp³-hybridized carbons (Fsp3) is 0.357. The van der Waals surface area contributed by atoms with Crippen LogP contribution in [-0.2, 0) is 7.05 Å². The fourth-order valence-corrected chi connectivity index (χ4v) is 2.15. The molecule has 0 spiro atoms. The average Bonchev–Trinajstić information content (AvgIpc) is 3.18. The van der Waals surface area contributed by atoms with Crippen LogP contribution in [0.4, 0.5) is 6.01 Å². The minimum Gasteiger partial charge on any atom is -0.401 e. The fourth-order valence-electron chi connectivity index (χ4n) is 2.15. The van der Waals surface area contributed by atoms with E-state index >= 15 is 0 Å². The molecular weight excluding hydrogens is 298 g/mol. The third kappa shape index (κ3) is 2.98. The molecule has 3 aromatic heterocycles. The first-order valence-corrected chi connectivity index (χ1v) is 7.15. The van der Waals surface area contributed by atoms with Crippen LogP contribution in [-0.4, -0.2) is 35.7 Å². The molecule has 23 heavy (non-hydrogen) atoms. The quantitative estimate of drug-likeness (QED) is 0.787. The molecule has 3 heterocycles. The highest BCUT2D eigenvalue weighted by Gasteiger charge is 2.19. The number of nitrogens with zero attached hydrogens (tertiary/aromatic N) is 6. The van der Waals surface area contributed by atoms with Gasteiger partial charge in [-0.1, -0.05) is 5.10 Å². The molecule has 0 aliphatic heterocycles. The van der Waals surface area contributed by atoms with Gasteiger partial charge in [-0.3, -0.25) is 19.5 Å². The molecule has 9 heteroatoms. The number of nitrogens with one attached hydrogen (secondary N) is 1. The van der Waals surface area contributed by atoms with Gasteiger partial charge in [0, 0.05) is 19.3 Å². The third-order valence-corrected chi connectivity index (χ3v) is 3.16. The molecule has 0 aromatic carbocycles. The number of amides is 1. The lowest BCUT2D eigenvalue weighted by Gasteiger charge is -2.09. The summed E-state index contributed by atoms with van der Waals surface area (Å²) < 4.78 is 8.70. The van der Waals surface area contributed by atoms with Crippen molar-refractivity contribution in [3.05, 3.63) is 29.7 Å². The van der Waals surface area contributed by atoms with E-state index in [1.165, 1.54) is 0 Å². The predicted octanol–water partition coefficient (Wildman–Crippen LogP) is 1.81. The molecule has 3 aromatic rings. The Labute approximate surface area is 132 Å². The summed E-state index contributed by atoms with van der Waals surface area (Å²) in [4.78, 5) is 12.4. The van der Waals surface area contributed by atoms with Crippen molar-refractivity contribution >= 4 is 11.9 Å². The van der Waals surface area contributed by atoms with Crippen LogP contribution in [0.25, 0.3) is 11.6 Å². The van der Waals surface area contributed by atoms with Crippen LogP contribution >= 0.6 is 0 Å². The average molecular weight is 315 g/mol. The molecule has 0 fully saturated rings. The topological polar surface area (TPSA) is 104 Å². The van der Waals surface area contributed by atoms with E-state index < -0.39 is 0 Å². The second-order valence-electron chi connectivity index (χ2n) is 5.45. The van der Waals surface area contributed by atoms with Gasteiger partial charge in [-0.25, -0.2) is 0 Å². The first kappa shape index (κ1) is 14.9. The Bertz CT molecular complexity index is 843. The van der Waals surface area contributed by atoms with Gasteiger partial charge < -0.3 is 4.42 Å². The van der Waals surface area contributed by atoms with Gasteiger partial charge in [0.2, 0.25) is 0 Å². The number of hydrogen-bond acceptors (Lipinski definition) is 6. The Kier molecular flexibility index (Phi) is 3.68. The Hall–Kier alpha value is -2.97. The summed E-state index contributed by atoms with van der Waals surface area (Å²) in [6, 6.07) is 3.54. The van der Waals surface area contributed by atoms with Crippen LogP contribution in [0, 0.1) is 6.92 Å². The Morgan fingerprint density at radius 1 is 1.30 bits per heavy atom. The molecule has 0 saturated carbocycles. The van der Waals surface area contributed by atoms with E-state index in [1.54, 1.807) is 34.7 Å². The minimum absolute atomic E-state index is 0.0183. The molecule has 120 valence electrons. The van der Waals surface area contributed by atoms with Crippen molar-refractivity contribution in [2.75, 3.05) is 5.32 Å². The van der Waals surface area contributed by atoms with Crippen LogP contribution in [0.5, 0.6) is 0 Å². The van der Waals surface area contributed by atoms with Crippen molar-refractivity contribution in [2.24, 2.45) is 7.05 Å². The van der Waals surface area contributed by atoms with E-state index in [1.807, 2.05) is 20.8 Å². The molecule has 0 atom stereocenters. The van der Waals surface area contributed by atoms with E-state index in [2.05, 4.69) is 25.7 Å². The highest BCUT2D eigenvalue weighted by Crippen LogP contribution is 2.18. The minimum atomic E-state index is -0.351. The third-order valence-electron chi connectivity index (χ3n) is 3.16. The van der Waals surface area contributed by atoms with Crippen molar-refractivity contribution in [3.63, 3.8) is 0 Å². The first-order valence-electron chi connectivity index (χ1n) is 7.15. The zero-order chi connectivity index (χ0) is 16.6. The summed E-state index contributed by atoms with van der Waals surface area (Å²) in [6.45, 7) is 5.74. The normalized spacial score (nSPS) is 11.2. The number of carbonyl (C=O) groups is 1. The summed E-state index contributed by atoms with van der Waals surface area (Å²) in [7, 11) is 1.79. The van der Waals surface area contributed by atoms with Gasteiger partial charge in [0.05, 0.1) is 5.69 Å². The van der Waals surface area contributed by atoms with Gasteiger partial charge >= 0.3 is 6.01 Å².